The Kier molecular flexibility index (Phi) is 5.73. The van der Waals surface area contributed by atoms with Crippen molar-refractivity contribution in [2.24, 2.45) is 0 Å². The molecule has 0 saturated carbocycles. The van der Waals surface area contributed by atoms with Gasteiger partial charge in [-0.3, -0.25) is 0 Å². The standard InChI is InChI=1S/C17H26O/c1-2-3-4-5-6-10-13-16(17-14-18-17)15-11-8-7-9-12-15/h7-9,11-12,16-17H,2-6,10,13-14H2,1H3. The summed E-state index contributed by atoms with van der Waals surface area (Å²) in [6, 6.07) is 10.9. The van der Waals surface area contributed by atoms with Crippen molar-refractivity contribution in [3.63, 3.8) is 0 Å². The Morgan fingerprint density at radius 2 is 1.72 bits per heavy atom. The second-order valence-electron chi connectivity index (χ2n) is 5.45. The largest absolute Gasteiger partial charge is 0.372 e. The first kappa shape index (κ1) is 13.6. The summed E-state index contributed by atoms with van der Waals surface area (Å²) >= 11 is 0. The van der Waals surface area contributed by atoms with E-state index in [-0.39, 0.29) is 0 Å². The molecule has 1 aromatic rings. The van der Waals surface area contributed by atoms with Gasteiger partial charge in [-0.2, -0.15) is 0 Å². The van der Waals surface area contributed by atoms with E-state index in [1.165, 1.54) is 50.5 Å². The van der Waals surface area contributed by atoms with Crippen molar-refractivity contribution < 1.29 is 4.74 Å². The first-order valence-electron chi connectivity index (χ1n) is 7.58. The van der Waals surface area contributed by atoms with E-state index in [1.807, 2.05) is 0 Å². The molecule has 0 N–H and O–H groups in total. The molecule has 0 spiro atoms. The van der Waals surface area contributed by atoms with Crippen LogP contribution in [0, 0.1) is 0 Å². The molecule has 1 fully saturated rings. The third-order valence-corrected chi connectivity index (χ3v) is 3.90. The van der Waals surface area contributed by atoms with Crippen LogP contribution in [0.4, 0.5) is 0 Å². The van der Waals surface area contributed by atoms with Crippen LogP contribution in [0.3, 0.4) is 0 Å². The first-order chi connectivity index (χ1) is 8.92. The number of unbranched alkanes of at least 4 members (excludes halogenated alkanes) is 5. The van der Waals surface area contributed by atoms with E-state index < -0.39 is 0 Å². The molecule has 2 unspecified atom stereocenters. The molecule has 1 saturated heterocycles. The van der Waals surface area contributed by atoms with Gasteiger partial charge < -0.3 is 4.74 Å². The Bertz CT molecular complexity index is 316. The highest BCUT2D eigenvalue weighted by Gasteiger charge is 2.32. The lowest BCUT2D eigenvalue weighted by Gasteiger charge is -2.14. The Morgan fingerprint density at radius 1 is 1.06 bits per heavy atom. The second kappa shape index (κ2) is 7.58. The van der Waals surface area contributed by atoms with Gasteiger partial charge in [0.05, 0.1) is 12.7 Å². The fraction of sp³-hybridized carbons (Fsp3) is 0.647. The minimum atomic E-state index is 0.503. The molecule has 2 rings (SSSR count). The minimum absolute atomic E-state index is 0.503. The number of epoxide rings is 1. The van der Waals surface area contributed by atoms with E-state index >= 15 is 0 Å². The molecular weight excluding hydrogens is 220 g/mol. The predicted octanol–water partition coefficient (Wildman–Crippen LogP) is 4.92. The Balaban J connectivity index is 1.71. The number of benzene rings is 1. The van der Waals surface area contributed by atoms with E-state index in [0.717, 1.165) is 6.61 Å². The van der Waals surface area contributed by atoms with Gasteiger partial charge in [-0.05, 0) is 12.0 Å². The average Bonchev–Trinajstić information content (AvgIpc) is 3.23. The number of ether oxygens (including phenoxy) is 1. The zero-order valence-corrected chi connectivity index (χ0v) is 11.6. The number of rotatable bonds is 9. The lowest BCUT2D eigenvalue weighted by molar-refractivity contribution is 0.359. The van der Waals surface area contributed by atoms with Crippen molar-refractivity contribution in [3.8, 4) is 0 Å². The van der Waals surface area contributed by atoms with E-state index in [9.17, 15) is 0 Å². The molecule has 0 amide bonds. The molecule has 1 heteroatoms. The predicted molar refractivity (Wildman–Crippen MR) is 76.9 cm³/mol. The van der Waals surface area contributed by atoms with Crippen LogP contribution in [0.25, 0.3) is 0 Å². The molecule has 0 aliphatic carbocycles. The summed E-state index contributed by atoms with van der Waals surface area (Å²) in [4.78, 5) is 0. The van der Waals surface area contributed by atoms with Crippen LogP contribution in [-0.2, 0) is 4.74 Å². The second-order valence-corrected chi connectivity index (χ2v) is 5.45. The molecule has 100 valence electrons. The average molecular weight is 246 g/mol. The first-order valence-corrected chi connectivity index (χ1v) is 7.58. The molecule has 18 heavy (non-hydrogen) atoms. The number of hydrogen-bond donors (Lipinski definition) is 0. The van der Waals surface area contributed by atoms with Crippen molar-refractivity contribution in [1.82, 2.24) is 0 Å². The maximum absolute atomic E-state index is 5.52. The van der Waals surface area contributed by atoms with E-state index in [1.54, 1.807) is 0 Å². The number of hydrogen-bond acceptors (Lipinski definition) is 1. The summed E-state index contributed by atoms with van der Waals surface area (Å²) in [5.41, 5.74) is 1.47. The summed E-state index contributed by atoms with van der Waals surface area (Å²) in [6.07, 6.45) is 10.1. The summed E-state index contributed by atoms with van der Waals surface area (Å²) in [5, 5.41) is 0. The quantitative estimate of drug-likeness (QED) is 0.445. The normalized spacial score (nSPS) is 19.7. The van der Waals surface area contributed by atoms with Crippen molar-refractivity contribution in [2.45, 2.75) is 63.9 Å². The van der Waals surface area contributed by atoms with Crippen molar-refractivity contribution in [3.05, 3.63) is 35.9 Å². The van der Waals surface area contributed by atoms with Gasteiger partial charge >= 0.3 is 0 Å². The maximum Gasteiger partial charge on any atom is 0.0878 e. The third kappa shape index (κ3) is 4.45. The summed E-state index contributed by atoms with van der Waals surface area (Å²) < 4.78 is 5.52. The smallest absolute Gasteiger partial charge is 0.0878 e. The molecule has 1 heterocycles. The van der Waals surface area contributed by atoms with E-state index in [2.05, 4.69) is 37.3 Å². The van der Waals surface area contributed by atoms with Crippen LogP contribution < -0.4 is 0 Å². The van der Waals surface area contributed by atoms with Crippen LogP contribution in [0.15, 0.2) is 30.3 Å². The summed E-state index contributed by atoms with van der Waals surface area (Å²) in [7, 11) is 0. The molecule has 1 nitrogen and oxygen atoms in total. The Morgan fingerprint density at radius 3 is 2.39 bits per heavy atom. The third-order valence-electron chi connectivity index (χ3n) is 3.90. The maximum atomic E-state index is 5.52. The molecule has 1 aromatic carbocycles. The van der Waals surface area contributed by atoms with Crippen LogP contribution in [0.5, 0.6) is 0 Å². The Hall–Kier alpha value is -0.820. The van der Waals surface area contributed by atoms with Gasteiger partial charge in [0.1, 0.15) is 0 Å². The van der Waals surface area contributed by atoms with Gasteiger partial charge in [0.2, 0.25) is 0 Å². The van der Waals surface area contributed by atoms with Gasteiger partial charge in [0, 0.05) is 5.92 Å². The fourth-order valence-electron chi connectivity index (χ4n) is 2.70. The van der Waals surface area contributed by atoms with Gasteiger partial charge in [-0.1, -0.05) is 75.8 Å². The van der Waals surface area contributed by atoms with Crippen molar-refractivity contribution >= 4 is 0 Å². The molecule has 2 atom stereocenters. The molecule has 0 aromatic heterocycles. The van der Waals surface area contributed by atoms with E-state index in [0.29, 0.717) is 12.0 Å². The van der Waals surface area contributed by atoms with Crippen LogP contribution in [0.2, 0.25) is 0 Å². The fourth-order valence-corrected chi connectivity index (χ4v) is 2.70. The minimum Gasteiger partial charge on any atom is -0.372 e. The van der Waals surface area contributed by atoms with Crippen LogP contribution in [0.1, 0.15) is 63.4 Å². The molecule has 1 aliphatic rings. The topological polar surface area (TPSA) is 12.5 Å². The molecule has 1 aliphatic heterocycles. The van der Waals surface area contributed by atoms with Gasteiger partial charge in [-0.25, -0.2) is 0 Å². The van der Waals surface area contributed by atoms with Crippen LogP contribution >= 0.6 is 0 Å². The van der Waals surface area contributed by atoms with Gasteiger partial charge in [-0.15, -0.1) is 0 Å². The van der Waals surface area contributed by atoms with Gasteiger partial charge in [0.25, 0.3) is 0 Å². The molecule has 0 radical (unpaired) electrons. The highest BCUT2D eigenvalue weighted by atomic mass is 16.6. The highest BCUT2D eigenvalue weighted by Crippen LogP contribution is 2.34. The molecular formula is C17H26O. The monoisotopic (exact) mass is 246 g/mol. The lowest BCUT2D eigenvalue weighted by atomic mass is 9.90. The highest BCUT2D eigenvalue weighted by molar-refractivity contribution is 5.21. The zero-order valence-electron chi connectivity index (χ0n) is 11.6. The Labute approximate surface area is 112 Å². The van der Waals surface area contributed by atoms with Crippen molar-refractivity contribution in [1.29, 1.82) is 0 Å². The SMILES string of the molecule is CCCCCCCCC(c1ccccc1)C1CO1. The van der Waals surface area contributed by atoms with Crippen LogP contribution in [-0.4, -0.2) is 12.7 Å². The van der Waals surface area contributed by atoms with Crippen molar-refractivity contribution in [2.75, 3.05) is 6.61 Å². The zero-order chi connectivity index (χ0) is 12.6. The lowest BCUT2D eigenvalue weighted by Crippen LogP contribution is -2.06. The summed E-state index contributed by atoms with van der Waals surface area (Å²) in [5.74, 6) is 0.636. The molecule has 0 bridgehead atoms. The van der Waals surface area contributed by atoms with E-state index in [4.69, 9.17) is 4.74 Å². The summed E-state index contributed by atoms with van der Waals surface area (Å²) in [6.45, 7) is 3.24. The van der Waals surface area contributed by atoms with Gasteiger partial charge in [0.15, 0.2) is 0 Å².